The largest absolute Gasteiger partial charge is 0.493 e. The standard InChI is InChI=1S/C24H24ClN5O3/c1-6-18-21(15-7-10-19(32-4)20(12-15)33-5)23-28-27-22(14(3)30(23)29-18)24(31)26-16-8-9-17(25)13(2)11-16/h7-12H,6H2,1-5H3,(H,26,31). The maximum Gasteiger partial charge on any atom is 0.278 e. The summed E-state index contributed by atoms with van der Waals surface area (Å²) >= 11 is 6.08. The van der Waals surface area contributed by atoms with Crippen molar-refractivity contribution in [2.75, 3.05) is 19.5 Å². The van der Waals surface area contributed by atoms with Crippen LogP contribution >= 0.6 is 11.6 Å². The van der Waals surface area contributed by atoms with E-state index < -0.39 is 0 Å². The average molecular weight is 466 g/mol. The van der Waals surface area contributed by atoms with E-state index in [1.54, 1.807) is 43.9 Å². The lowest BCUT2D eigenvalue weighted by Crippen LogP contribution is -2.18. The summed E-state index contributed by atoms with van der Waals surface area (Å²) in [6.07, 6.45) is 0.679. The molecule has 0 fully saturated rings. The first-order valence-corrected chi connectivity index (χ1v) is 10.8. The van der Waals surface area contributed by atoms with E-state index in [0.29, 0.717) is 40.0 Å². The predicted octanol–water partition coefficient (Wildman–Crippen LogP) is 4.89. The number of carbonyl (C=O) groups is 1. The first kappa shape index (κ1) is 22.5. The Hall–Kier alpha value is -3.65. The van der Waals surface area contributed by atoms with E-state index in [1.165, 1.54) is 0 Å². The molecule has 33 heavy (non-hydrogen) atoms. The highest BCUT2D eigenvalue weighted by molar-refractivity contribution is 6.31. The van der Waals surface area contributed by atoms with E-state index in [4.69, 9.17) is 26.2 Å². The van der Waals surface area contributed by atoms with Gasteiger partial charge >= 0.3 is 0 Å². The van der Waals surface area contributed by atoms with Crippen LogP contribution in [0.1, 0.15) is 34.4 Å². The fraction of sp³-hybridized carbons (Fsp3) is 0.250. The van der Waals surface area contributed by atoms with Crippen LogP contribution in [-0.2, 0) is 6.42 Å². The highest BCUT2D eigenvalue weighted by Gasteiger charge is 2.22. The Morgan fingerprint density at radius 1 is 1.06 bits per heavy atom. The summed E-state index contributed by atoms with van der Waals surface area (Å²) in [5.74, 6) is 0.870. The molecule has 4 aromatic rings. The Bertz CT molecular complexity index is 1370. The van der Waals surface area contributed by atoms with Crippen molar-refractivity contribution >= 4 is 28.8 Å². The summed E-state index contributed by atoms with van der Waals surface area (Å²) in [4.78, 5) is 12.9. The summed E-state index contributed by atoms with van der Waals surface area (Å²) in [6, 6.07) is 10.9. The summed E-state index contributed by atoms with van der Waals surface area (Å²) in [6.45, 7) is 5.70. The zero-order valence-corrected chi connectivity index (χ0v) is 19.8. The van der Waals surface area contributed by atoms with Crippen molar-refractivity contribution < 1.29 is 14.3 Å². The maximum atomic E-state index is 12.9. The number of nitrogens with zero attached hydrogens (tertiary/aromatic N) is 4. The maximum absolute atomic E-state index is 12.9. The smallest absolute Gasteiger partial charge is 0.278 e. The van der Waals surface area contributed by atoms with Gasteiger partial charge in [0, 0.05) is 10.7 Å². The fourth-order valence-electron chi connectivity index (χ4n) is 3.71. The molecular formula is C24H24ClN5O3. The number of hydrogen-bond acceptors (Lipinski definition) is 6. The topological polar surface area (TPSA) is 90.6 Å². The Morgan fingerprint density at radius 2 is 1.82 bits per heavy atom. The second-order valence-corrected chi connectivity index (χ2v) is 7.94. The lowest BCUT2D eigenvalue weighted by Gasteiger charge is -2.10. The predicted molar refractivity (Wildman–Crippen MR) is 128 cm³/mol. The van der Waals surface area contributed by atoms with Crippen molar-refractivity contribution in [2.24, 2.45) is 0 Å². The number of methoxy groups -OCH3 is 2. The van der Waals surface area contributed by atoms with Gasteiger partial charge in [-0.25, -0.2) is 4.52 Å². The molecule has 0 unspecified atom stereocenters. The number of hydrogen-bond donors (Lipinski definition) is 1. The Morgan fingerprint density at radius 3 is 2.48 bits per heavy atom. The van der Waals surface area contributed by atoms with Crippen molar-refractivity contribution in [1.29, 1.82) is 0 Å². The summed E-state index contributed by atoms with van der Waals surface area (Å²) in [7, 11) is 3.19. The number of carbonyl (C=O) groups excluding carboxylic acids is 1. The number of nitrogens with one attached hydrogen (secondary N) is 1. The second-order valence-electron chi connectivity index (χ2n) is 7.53. The van der Waals surface area contributed by atoms with Gasteiger partial charge in [-0.3, -0.25) is 4.79 Å². The molecule has 4 rings (SSSR count). The summed E-state index contributed by atoms with van der Waals surface area (Å²) in [5.41, 5.74) is 5.40. The normalized spacial score (nSPS) is 11.0. The minimum atomic E-state index is -0.371. The molecule has 0 aliphatic heterocycles. The van der Waals surface area contributed by atoms with E-state index in [0.717, 1.165) is 22.4 Å². The van der Waals surface area contributed by atoms with Gasteiger partial charge in [-0.1, -0.05) is 24.6 Å². The molecule has 2 aromatic carbocycles. The van der Waals surface area contributed by atoms with Gasteiger partial charge in [-0.2, -0.15) is 5.10 Å². The number of rotatable bonds is 6. The van der Waals surface area contributed by atoms with E-state index in [2.05, 4.69) is 15.5 Å². The van der Waals surface area contributed by atoms with E-state index in [9.17, 15) is 4.79 Å². The third kappa shape index (κ3) is 4.09. The molecule has 0 spiro atoms. The Balaban J connectivity index is 1.77. The van der Waals surface area contributed by atoms with E-state index in [-0.39, 0.29) is 11.6 Å². The molecule has 2 aromatic heterocycles. The van der Waals surface area contributed by atoms with E-state index >= 15 is 0 Å². The number of ether oxygens (including phenoxy) is 2. The molecule has 0 radical (unpaired) electrons. The molecule has 0 aliphatic rings. The molecule has 0 bridgehead atoms. The van der Waals surface area contributed by atoms with Crippen LogP contribution in [-0.4, -0.2) is 39.9 Å². The van der Waals surface area contributed by atoms with Crippen molar-refractivity contribution in [3.8, 4) is 22.6 Å². The molecule has 170 valence electrons. The van der Waals surface area contributed by atoms with Gasteiger partial charge in [0.15, 0.2) is 22.8 Å². The minimum absolute atomic E-state index is 0.194. The van der Waals surface area contributed by atoms with E-state index in [1.807, 2.05) is 32.0 Å². The fourth-order valence-corrected chi connectivity index (χ4v) is 3.82. The van der Waals surface area contributed by atoms with Gasteiger partial charge in [0.05, 0.1) is 31.2 Å². The Labute approximate surface area is 196 Å². The highest BCUT2D eigenvalue weighted by atomic mass is 35.5. The van der Waals surface area contributed by atoms with Crippen molar-refractivity contribution in [3.05, 3.63) is 64.1 Å². The molecule has 9 heteroatoms. The number of halogens is 1. The van der Waals surface area contributed by atoms with Crippen LogP contribution in [0.5, 0.6) is 11.5 Å². The Kier molecular flexibility index (Phi) is 6.20. The second kappa shape index (κ2) is 9.07. The summed E-state index contributed by atoms with van der Waals surface area (Å²) in [5, 5.41) is 16.8. The van der Waals surface area contributed by atoms with Gasteiger partial charge in [-0.05, 0) is 61.7 Å². The molecule has 2 heterocycles. The lowest BCUT2D eigenvalue weighted by molar-refractivity contribution is 0.102. The van der Waals surface area contributed by atoms with Crippen LogP contribution in [0.25, 0.3) is 16.8 Å². The number of benzene rings is 2. The zero-order valence-electron chi connectivity index (χ0n) is 19.1. The van der Waals surface area contributed by atoms with Crippen molar-refractivity contribution in [1.82, 2.24) is 19.8 Å². The highest BCUT2D eigenvalue weighted by Crippen LogP contribution is 2.35. The number of aryl methyl sites for hydroxylation is 3. The quantitative estimate of drug-likeness (QED) is 0.436. The van der Waals surface area contributed by atoms with Crippen LogP contribution in [0.4, 0.5) is 5.69 Å². The third-order valence-corrected chi connectivity index (χ3v) is 5.90. The SMILES string of the molecule is CCc1nn2c(C)c(C(=O)Nc3ccc(Cl)c(C)c3)nnc2c1-c1ccc(OC)c(OC)c1. The molecule has 0 aliphatic carbocycles. The number of anilines is 1. The van der Waals surface area contributed by atoms with Gasteiger partial charge in [-0.15, -0.1) is 10.2 Å². The van der Waals surface area contributed by atoms with Gasteiger partial charge < -0.3 is 14.8 Å². The van der Waals surface area contributed by atoms with Crippen molar-refractivity contribution in [2.45, 2.75) is 27.2 Å². The molecule has 0 atom stereocenters. The monoisotopic (exact) mass is 465 g/mol. The van der Waals surface area contributed by atoms with Crippen LogP contribution in [0.3, 0.4) is 0 Å². The van der Waals surface area contributed by atoms with Crippen LogP contribution in [0.2, 0.25) is 5.02 Å². The third-order valence-electron chi connectivity index (χ3n) is 5.48. The lowest BCUT2D eigenvalue weighted by atomic mass is 10.0. The number of fused-ring (bicyclic) bond motifs is 1. The van der Waals surface area contributed by atoms with Gasteiger partial charge in [0.25, 0.3) is 5.91 Å². The molecule has 8 nitrogen and oxygen atoms in total. The minimum Gasteiger partial charge on any atom is -0.493 e. The van der Waals surface area contributed by atoms with Crippen LogP contribution in [0.15, 0.2) is 36.4 Å². The first-order valence-electron chi connectivity index (χ1n) is 10.4. The summed E-state index contributed by atoms with van der Waals surface area (Å²) < 4.78 is 12.5. The molecule has 0 saturated heterocycles. The molecule has 1 amide bonds. The average Bonchev–Trinajstić information content (AvgIpc) is 3.20. The zero-order chi connectivity index (χ0) is 23.7. The van der Waals surface area contributed by atoms with Crippen LogP contribution < -0.4 is 14.8 Å². The van der Waals surface area contributed by atoms with Crippen LogP contribution in [0, 0.1) is 13.8 Å². The molecule has 0 saturated carbocycles. The molecule has 1 N–H and O–H groups in total. The first-order chi connectivity index (χ1) is 15.9. The number of amides is 1. The van der Waals surface area contributed by atoms with Gasteiger partial charge in [0.2, 0.25) is 0 Å². The molecular weight excluding hydrogens is 442 g/mol. The van der Waals surface area contributed by atoms with Gasteiger partial charge in [0.1, 0.15) is 0 Å². The number of aromatic nitrogens is 4. The van der Waals surface area contributed by atoms with Crippen molar-refractivity contribution in [3.63, 3.8) is 0 Å².